The number of nitrogens with zero attached hydrogens (tertiary/aromatic N) is 5. The molecule has 192 valence electrons. The van der Waals surface area contributed by atoms with E-state index < -0.39 is 0 Å². The van der Waals surface area contributed by atoms with Crippen LogP contribution < -0.4 is 0 Å². The fourth-order valence-electron chi connectivity index (χ4n) is 6.35. The molecule has 0 atom stereocenters. The highest BCUT2D eigenvalue weighted by Gasteiger charge is 2.20. The van der Waals surface area contributed by atoms with Crippen LogP contribution in [-0.2, 0) is 0 Å². The molecular weight excluding hydrogens is 502 g/mol. The second kappa shape index (κ2) is 8.41. The van der Waals surface area contributed by atoms with Crippen LogP contribution in [0.5, 0.6) is 0 Å². The molecule has 6 aromatic carbocycles. The second-order valence-corrected chi connectivity index (χ2v) is 10.4. The fraction of sp³-hybridized carbons (Fsp3) is 0. The average Bonchev–Trinajstić information content (AvgIpc) is 3.71. The van der Waals surface area contributed by atoms with Gasteiger partial charge < -0.3 is 9.13 Å². The molecular formula is C36H23N5. The predicted molar refractivity (Wildman–Crippen MR) is 168 cm³/mol. The van der Waals surface area contributed by atoms with Crippen molar-refractivity contribution >= 4 is 54.6 Å². The largest absolute Gasteiger partial charge is 0.309 e. The standard InChI is InChI=1S/C36H23N5/c1-2-12-24(13-3-1)41-37-30-22-25(39-31-18-8-4-14-26(31)27-15-5-9-19-32(27)39)23-35(36(30)38-41)40-33-20-10-6-16-28(33)29-17-7-11-21-34(29)40/h1-23H. The van der Waals surface area contributed by atoms with E-state index in [9.17, 15) is 0 Å². The van der Waals surface area contributed by atoms with Crippen molar-refractivity contribution in [2.75, 3.05) is 0 Å². The van der Waals surface area contributed by atoms with E-state index >= 15 is 0 Å². The molecule has 3 heterocycles. The molecule has 5 heteroatoms. The second-order valence-electron chi connectivity index (χ2n) is 10.4. The smallest absolute Gasteiger partial charge is 0.137 e. The number of benzene rings is 6. The van der Waals surface area contributed by atoms with Crippen molar-refractivity contribution in [2.45, 2.75) is 0 Å². The lowest BCUT2D eigenvalue weighted by Gasteiger charge is -2.13. The maximum absolute atomic E-state index is 5.08. The topological polar surface area (TPSA) is 40.6 Å². The van der Waals surface area contributed by atoms with Gasteiger partial charge in [-0.2, -0.15) is 4.80 Å². The Morgan fingerprint density at radius 1 is 0.390 bits per heavy atom. The molecule has 0 saturated carbocycles. The summed E-state index contributed by atoms with van der Waals surface area (Å²) >= 11 is 0. The van der Waals surface area contributed by atoms with Crippen LogP contribution in [0.1, 0.15) is 0 Å². The van der Waals surface area contributed by atoms with Crippen LogP contribution in [0.2, 0.25) is 0 Å². The Morgan fingerprint density at radius 3 is 1.39 bits per heavy atom. The van der Waals surface area contributed by atoms with Gasteiger partial charge in [-0.25, -0.2) is 0 Å². The van der Waals surface area contributed by atoms with Crippen molar-refractivity contribution in [1.29, 1.82) is 0 Å². The Bertz CT molecular complexity index is 2320. The summed E-state index contributed by atoms with van der Waals surface area (Å²) in [6.07, 6.45) is 0. The number of hydrogen-bond donors (Lipinski definition) is 0. The van der Waals surface area contributed by atoms with E-state index in [1.165, 1.54) is 21.5 Å². The van der Waals surface area contributed by atoms with Gasteiger partial charge in [0.2, 0.25) is 0 Å². The molecule has 9 aromatic rings. The quantitative estimate of drug-likeness (QED) is 0.232. The van der Waals surface area contributed by atoms with Crippen LogP contribution in [0.4, 0.5) is 0 Å². The molecule has 0 radical (unpaired) electrons. The summed E-state index contributed by atoms with van der Waals surface area (Å²) in [5.74, 6) is 0. The average molecular weight is 526 g/mol. The number of aromatic nitrogens is 5. The molecule has 0 fully saturated rings. The molecule has 9 rings (SSSR count). The van der Waals surface area contributed by atoms with Crippen molar-refractivity contribution in [1.82, 2.24) is 24.1 Å². The van der Waals surface area contributed by atoms with Crippen LogP contribution in [0.25, 0.3) is 71.7 Å². The fourth-order valence-corrected chi connectivity index (χ4v) is 6.35. The van der Waals surface area contributed by atoms with Gasteiger partial charge in [0, 0.05) is 21.5 Å². The molecule has 5 nitrogen and oxygen atoms in total. The van der Waals surface area contributed by atoms with Gasteiger partial charge >= 0.3 is 0 Å². The van der Waals surface area contributed by atoms with Gasteiger partial charge in [-0.3, -0.25) is 0 Å². The van der Waals surface area contributed by atoms with E-state index in [2.05, 4.69) is 118 Å². The van der Waals surface area contributed by atoms with E-state index in [-0.39, 0.29) is 0 Å². The summed E-state index contributed by atoms with van der Waals surface area (Å²) in [5, 5.41) is 15.0. The molecule has 0 aliphatic rings. The monoisotopic (exact) mass is 525 g/mol. The molecule has 0 bridgehead atoms. The molecule has 0 aliphatic carbocycles. The first kappa shape index (κ1) is 22.2. The van der Waals surface area contributed by atoms with E-state index in [0.29, 0.717) is 0 Å². The summed E-state index contributed by atoms with van der Waals surface area (Å²) in [5.41, 5.74) is 9.27. The molecule has 0 aliphatic heterocycles. The normalized spacial score (nSPS) is 11.9. The first-order valence-electron chi connectivity index (χ1n) is 13.8. The Kier molecular flexibility index (Phi) is 4.55. The molecule has 0 saturated heterocycles. The minimum atomic E-state index is 0.838. The minimum absolute atomic E-state index is 0.838. The van der Waals surface area contributed by atoms with Gasteiger partial charge in [0.1, 0.15) is 11.0 Å². The third kappa shape index (κ3) is 3.17. The maximum atomic E-state index is 5.08. The molecule has 0 spiro atoms. The van der Waals surface area contributed by atoms with Crippen LogP contribution >= 0.6 is 0 Å². The SMILES string of the molecule is c1ccc(-n2nc3cc(-n4c5ccccc5c5ccccc54)cc(-n4c5ccccc5c5ccccc54)c3n2)cc1. The molecule has 0 unspecified atom stereocenters. The third-order valence-corrected chi connectivity index (χ3v) is 8.10. The van der Waals surface area contributed by atoms with Crippen LogP contribution in [0.15, 0.2) is 140 Å². The van der Waals surface area contributed by atoms with Crippen LogP contribution in [0, 0.1) is 0 Å². The summed E-state index contributed by atoms with van der Waals surface area (Å²) in [6.45, 7) is 0. The number of fused-ring (bicyclic) bond motifs is 7. The first-order valence-corrected chi connectivity index (χ1v) is 13.8. The number of hydrogen-bond acceptors (Lipinski definition) is 2. The zero-order chi connectivity index (χ0) is 26.9. The van der Waals surface area contributed by atoms with E-state index in [0.717, 1.165) is 50.2 Å². The third-order valence-electron chi connectivity index (χ3n) is 8.10. The van der Waals surface area contributed by atoms with Gasteiger partial charge in [-0.05, 0) is 48.5 Å². The Morgan fingerprint density at radius 2 is 0.854 bits per heavy atom. The lowest BCUT2D eigenvalue weighted by atomic mass is 10.2. The summed E-state index contributed by atoms with van der Waals surface area (Å²) in [7, 11) is 0. The minimum Gasteiger partial charge on any atom is -0.309 e. The summed E-state index contributed by atoms with van der Waals surface area (Å²) < 4.78 is 4.69. The van der Waals surface area contributed by atoms with Crippen LogP contribution in [0.3, 0.4) is 0 Å². The van der Waals surface area contributed by atoms with Crippen molar-refractivity contribution in [3.8, 4) is 17.1 Å². The highest BCUT2D eigenvalue weighted by atomic mass is 15.5. The number of para-hydroxylation sites is 5. The van der Waals surface area contributed by atoms with E-state index in [1.54, 1.807) is 4.80 Å². The molecule has 3 aromatic heterocycles. The van der Waals surface area contributed by atoms with E-state index in [4.69, 9.17) is 10.2 Å². The highest BCUT2D eigenvalue weighted by Crippen LogP contribution is 2.37. The Balaban J connectivity index is 1.44. The van der Waals surface area contributed by atoms with Gasteiger partial charge in [0.05, 0.1) is 39.1 Å². The first-order chi connectivity index (χ1) is 20.3. The van der Waals surface area contributed by atoms with Crippen molar-refractivity contribution < 1.29 is 0 Å². The Labute approximate surface area is 235 Å². The molecule has 0 N–H and O–H groups in total. The number of rotatable bonds is 3. The van der Waals surface area contributed by atoms with Gasteiger partial charge in [0.15, 0.2) is 0 Å². The lowest BCUT2D eigenvalue weighted by molar-refractivity contribution is 0.765. The summed E-state index contributed by atoms with van der Waals surface area (Å²) in [6, 6.07) is 49.0. The van der Waals surface area contributed by atoms with Crippen molar-refractivity contribution in [2.24, 2.45) is 0 Å². The van der Waals surface area contributed by atoms with Gasteiger partial charge in [0.25, 0.3) is 0 Å². The van der Waals surface area contributed by atoms with Crippen molar-refractivity contribution in [3.05, 3.63) is 140 Å². The zero-order valence-corrected chi connectivity index (χ0v) is 22.0. The van der Waals surface area contributed by atoms with Gasteiger partial charge in [-0.1, -0.05) is 91.0 Å². The van der Waals surface area contributed by atoms with Crippen LogP contribution in [-0.4, -0.2) is 24.1 Å². The Hall–Kier alpha value is -5.68. The van der Waals surface area contributed by atoms with Crippen molar-refractivity contribution in [3.63, 3.8) is 0 Å². The molecule has 0 amide bonds. The van der Waals surface area contributed by atoms with Gasteiger partial charge in [-0.15, -0.1) is 10.2 Å². The zero-order valence-electron chi connectivity index (χ0n) is 22.0. The molecule has 41 heavy (non-hydrogen) atoms. The van der Waals surface area contributed by atoms with E-state index in [1.807, 2.05) is 30.3 Å². The lowest BCUT2D eigenvalue weighted by Crippen LogP contribution is -2.00. The highest BCUT2D eigenvalue weighted by molar-refractivity contribution is 6.11. The predicted octanol–water partition coefficient (Wildman–Crippen LogP) is 8.61. The maximum Gasteiger partial charge on any atom is 0.137 e. The summed E-state index contributed by atoms with van der Waals surface area (Å²) in [4.78, 5) is 1.75.